The van der Waals surface area contributed by atoms with E-state index in [0.29, 0.717) is 6.04 Å². The fraction of sp³-hybridized carbons (Fsp3) is 0.812. The Hall–Kier alpha value is -0.910. The van der Waals surface area contributed by atoms with E-state index < -0.39 is 17.7 Å². The van der Waals surface area contributed by atoms with E-state index in [1.807, 2.05) is 0 Å². The van der Waals surface area contributed by atoms with Gasteiger partial charge in [0.05, 0.1) is 6.10 Å². The average Bonchev–Trinajstić information content (AvgIpc) is 3.06. The fourth-order valence-corrected chi connectivity index (χ4v) is 3.31. The van der Waals surface area contributed by atoms with Crippen molar-refractivity contribution in [3.8, 4) is 0 Å². The van der Waals surface area contributed by atoms with E-state index in [9.17, 15) is 9.90 Å². The van der Waals surface area contributed by atoms with Gasteiger partial charge in [0.25, 0.3) is 0 Å². The molecule has 0 unspecified atom stereocenters. The zero-order valence-corrected chi connectivity index (χ0v) is 13.5. The standard InChI is InChI=1S/C16H27NO4/c1-11(2)16(19,12(3)20-4)15(18)21-10-13-7-9-17-8-5-6-14(13)17/h7,11-12,14,19H,5-6,8-10H2,1-4H3/t12-,14-,16+/m1/s1. The predicted octanol–water partition coefficient (Wildman–Crippen LogP) is 1.36. The molecule has 0 bridgehead atoms. The summed E-state index contributed by atoms with van der Waals surface area (Å²) in [6, 6.07) is 0.421. The molecule has 0 radical (unpaired) electrons. The molecule has 120 valence electrons. The van der Waals surface area contributed by atoms with Crippen LogP contribution in [0.3, 0.4) is 0 Å². The lowest BCUT2D eigenvalue weighted by Crippen LogP contribution is -2.54. The van der Waals surface area contributed by atoms with Crippen LogP contribution in [-0.4, -0.2) is 60.5 Å². The molecule has 0 aromatic rings. The Morgan fingerprint density at radius 1 is 1.52 bits per heavy atom. The van der Waals surface area contributed by atoms with Crippen molar-refractivity contribution < 1.29 is 19.4 Å². The number of rotatable bonds is 6. The Labute approximate surface area is 126 Å². The molecule has 2 heterocycles. The van der Waals surface area contributed by atoms with Crippen LogP contribution in [0, 0.1) is 5.92 Å². The molecule has 0 aromatic carbocycles. The molecule has 2 aliphatic heterocycles. The molecule has 1 fully saturated rings. The molecule has 5 heteroatoms. The van der Waals surface area contributed by atoms with Crippen LogP contribution >= 0.6 is 0 Å². The molecular weight excluding hydrogens is 270 g/mol. The van der Waals surface area contributed by atoms with Crippen LogP contribution in [0.25, 0.3) is 0 Å². The van der Waals surface area contributed by atoms with Gasteiger partial charge >= 0.3 is 5.97 Å². The molecule has 2 aliphatic rings. The third-order valence-corrected chi connectivity index (χ3v) is 4.93. The van der Waals surface area contributed by atoms with E-state index in [0.717, 1.165) is 25.1 Å². The summed E-state index contributed by atoms with van der Waals surface area (Å²) in [6.45, 7) is 7.62. The highest BCUT2D eigenvalue weighted by molar-refractivity contribution is 5.80. The summed E-state index contributed by atoms with van der Waals surface area (Å²) in [6.07, 6.45) is 3.87. The lowest BCUT2D eigenvalue weighted by molar-refractivity contribution is -0.186. The Balaban J connectivity index is 1.97. The third-order valence-electron chi connectivity index (χ3n) is 4.93. The molecule has 0 aromatic heterocycles. The van der Waals surface area contributed by atoms with Crippen molar-refractivity contribution in [2.75, 3.05) is 26.8 Å². The number of esters is 1. The summed E-state index contributed by atoms with van der Waals surface area (Å²) in [5.41, 5.74) is -0.444. The third kappa shape index (κ3) is 3.00. The number of fused-ring (bicyclic) bond motifs is 1. The molecule has 2 rings (SSSR count). The van der Waals surface area contributed by atoms with Gasteiger partial charge in [-0.3, -0.25) is 4.90 Å². The maximum absolute atomic E-state index is 12.4. The highest BCUT2D eigenvalue weighted by Gasteiger charge is 2.47. The first-order valence-electron chi connectivity index (χ1n) is 7.76. The number of carbonyl (C=O) groups is 1. The Bertz CT molecular complexity index is 421. The SMILES string of the molecule is CO[C@H](C)[C@](O)(C(=O)OCC1=CCN2CCC[C@H]12)C(C)C. The largest absolute Gasteiger partial charge is 0.459 e. The van der Waals surface area contributed by atoms with Crippen LogP contribution in [-0.2, 0) is 14.3 Å². The highest BCUT2D eigenvalue weighted by Crippen LogP contribution is 2.30. The minimum absolute atomic E-state index is 0.269. The number of carbonyl (C=O) groups excluding carboxylic acids is 1. The van der Waals surface area contributed by atoms with Gasteiger partial charge in [0.1, 0.15) is 6.61 Å². The molecule has 3 atom stereocenters. The molecular formula is C16H27NO4. The number of hydrogen-bond donors (Lipinski definition) is 1. The Morgan fingerprint density at radius 3 is 2.86 bits per heavy atom. The highest BCUT2D eigenvalue weighted by atomic mass is 16.6. The Morgan fingerprint density at radius 2 is 2.24 bits per heavy atom. The molecule has 0 saturated carbocycles. The summed E-state index contributed by atoms with van der Waals surface area (Å²) in [5, 5.41) is 10.7. The van der Waals surface area contributed by atoms with Crippen LogP contribution < -0.4 is 0 Å². The number of aliphatic hydroxyl groups is 1. The maximum Gasteiger partial charge on any atom is 0.341 e. The van der Waals surface area contributed by atoms with Crippen LogP contribution in [0.5, 0.6) is 0 Å². The van der Waals surface area contributed by atoms with E-state index in [1.165, 1.54) is 13.5 Å². The number of hydrogen-bond acceptors (Lipinski definition) is 5. The van der Waals surface area contributed by atoms with Gasteiger partial charge < -0.3 is 14.6 Å². The summed E-state index contributed by atoms with van der Waals surface area (Å²) in [7, 11) is 1.49. The summed E-state index contributed by atoms with van der Waals surface area (Å²) >= 11 is 0. The van der Waals surface area contributed by atoms with Crippen molar-refractivity contribution in [1.82, 2.24) is 4.90 Å². The molecule has 0 aliphatic carbocycles. The van der Waals surface area contributed by atoms with Crippen molar-refractivity contribution >= 4 is 5.97 Å². The van der Waals surface area contributed by atoms with Gasteiger partial charge in [-0.15, -0.1) is 0 Å². The number of methoxy groups -OCH3 is 1. The van der Waals surface area contributed by atoms with E-state index in [1.54, 1.807) is 20.8 Å². The molecule has 1 N–H and O–H groups in total. The molecule has 0 spiro atoms. The zero-order chi connectivity index (χ0) is 15.6. The lowest BCUT2D eigenvalue weighted by Gasteiger charge is -2.34. The van der Waals surface area contributed by atoms with Crippen molar-refractivity contribution in [1.29, 1.82) is 0 Å². The van der Waals surface area contributed by atoms with Crippen molar-refractivity contribution in [3.63, 3.8) is 0 Å². The molecule has 5 nitrogen and oxygen atoms in total. The zero-order valence-electron chi connectivity index (χ0n) is 13.5. The molecule has 1 saturated heterocycles. The van der Waals surface area contributed by atoms with Gasteiger partial charge in [-0.25, -0.2) is 4.79 Å². The van der Waals surface area contributed by atoms with Gasteiger partial charge in [0.2, 0.25) is 0 Å². The maximum atomic E-state index is 12.4. The summed E-state index contributed by atoms with van der Waals surface area (Å²) < 4.78 is 10.6. The monoisotopic (exact) mass is 297 g/mol. The van der Waals surface area contributed by atoms with Crippen LogP contribution in [0.15, 0.2) is 11.6 Å². The first kappa shape index (κ1) is 16.5. The minimum atomic E-state index is -1.61. The van der Waals surface area contributed by atoms with E-state index in [4.69, 9.17) is 9.47 Å². The van der Waals surface area contributed by atoms with Gasteiger partial charge in [-0.2, -0.15) is 0 Å². The topological polar surface area (TPSA) is 59.0 Å². The molecule has 21 heavy (non-hydrogen) atoms. The minimum Gasteiger partial charge on any atom is -0.459 e. The first-order chi connectivity index (χ1) is 9.91. The lowest BCUT2D eigenvalue weighted by atomic mass is 9.85. The van der Waals surface area contributed by atoms with Crippen molar-refractivity contribution in [3.05, 3.63) is 11.6 Å². The van der Waals surface area contributed by atoms with Gasteiger partial charge in [-0.05, 0) is 37.8 Å². The quantitative estimate of drug-likeness (QED) is 0.592. The summed E-state index contributed by atoms with van der Waals surface area (Å²) in [5.74, 6) is -0.871. The smallest absolute Gasteiger partial charge is 0.341 e. The number of nitrogens with zero attached hydrogens (tertiary/aromatic N) is 1. The van der Waals surface area contributed by atoms with E-state index in [2.05, 4.69) is 11.0 Å². The van der Waals surface area contributed by atoms with Crippen LogP contribution in [0.2, 0.25) is 0 Å². The second kappa shape index (κ2) is 6.46. The van der Waals surface area contributed by atoms with Crippen LogP contribution in [0.4, 0.5) is 0 Å². The van der Waals surface area contributed by atoms with Crippen molar-refractivity contribution in [2.45, 2.75) is 51.4 Å². The fourth-order valence-electron chi connectivity index (χ4n) is 3.31. The normalized spacial score (nSPS) is 26.4. The molecule has 0 amide bonds. The van der Waals surface area contributed by atoms with Crippen molar-refractivity contribution in [2.24, 2.45) is 5.92 Å². The second-order valence-electron chi connectivity index (χ2n) is 6.37. The van der Waals surface area contributed by atoms with Gasteiger partial charge in [0.15, 0.2) is 5.60 Å². The van der Waals surface area contributed by atoms with Gasteiger partial charge in [0, 0.05) is 19.7 Å². The first-order valence-corrected chi connectivity index (χ1v) is 7.76. The average molecular weight is 297 g/mol. The van der Waals surface area contributed by atoms with Crippen LogP contribution in [0.1, 0.15) is 33.6 Å². The van der Waals surface area contributed by atoms with E-state index in [-0.39, 0.29) is 12.5 Å². The second-order valence-corrected chi connectivity index (χ2v) is 6.37. The Kier molecular flexibility index (Phi) is 5.07. The predicted molar refractivity (Wildman–Crippen MR) is 79.9 cm³/mol. The summed E-state index contributed by atoms with van der Waals surface area (Å²) in [4.78, 5) is 14.8. The van der Waals surface area contributed by atoms with E-state index >= 15 is 0 Å². The number of ether oxygens (including phenoxy) is 2. The van der Waals surface area contributed by atoms with Gasteiger partial charge in [-0.1, -0.05) is 19.9 Å².